The van der Waals surface area contributed by atoms with Crippen LogP contribution < -0.4 is 20.1 Å². The van der Waals surface area contributed by atoms with Gasteiger partial charge >= 0.3 is 0 Å². The second-order valence-electron chi connectivity index (χ2n) is 7.44. The molecule has 2 aromatic carbocycles. The van der Waals surface area contributed by atoms with Gasteiger partial charge in [-0.1, -0.05) is 29.8 Å². The lowest BCUT2D eigenvalue weighted by Gasteiger charge is -2.12. The van der Waals surface area contributed by atoms with Crippen molar-refractivity contribution in [3.05, 3.63) is 87.2 Å². The van der Waals surface area contributed by atoms with Gasteiger partial charge in [-0.05, 0) is 67.1 Å². The summed E-state index contributed by atoms with van der Waals surface area (Å²) in [6.45, 7) is 2.43. The van der Waals surface area contributed by atoms with E-state index in [1.807, 2.05) is 54.8 Å². The predicted octanol–water partition coefficient (Wildman–Crippen LogP) is 4.59. The number of carbonyl (C=O) groups is 2. The van der Waals surface area contributed by atoms with Crippen LogP contribution in [0.5, 0.6) is 11.5 Å². The van der Waals surface area contributed by atoms with Crippen LogP contribution in [0.1, 0.15) is 32.8 Å². The highest BCUT2D eigenvalue weighted by Crippen LogP contribution is 2.27. The Bertz CT molecular complexity index is 1110. The molecule has 172 valence electrons. The molecule has 1 aromatic heterocycles. The van der Waals surface area contributed by atoms with E-state index >= 15 is 0 Å². The predicted molar refractivity (Wildman–Crippen MR) is 132 cm³/mol. The third-order valence-electron chi connectivity index (χ3n) is 5.01. The van der Waals surface area contributed by atoms with E-state index in [1.54, 1.807) is 32.4 Å². The van der Waals surface area contributed by atoms with E-state index < -0.39 is 0 Å². The molecule has 0 aliphatic heterocycles. The van der Waals surface area contributed by atoms with Gasteiger partial charge in [-0.2, -0.15) is 0 Å². The molecule has 0 aliphatic rings. The summed E-state index contributed by atoms with van der Waals surface area (Å²) in [5.74, 6) is 0.718. The summed E-state index contributed by atoms with van der Waals surface area (Å²) >= 11 is 1.50. The van der Waals surface area contributed by atoms with Gasteiger partial charge in [0, 0.05) is 17.0 Å². The van der Waals surface area contributed by atoms with Crippen LogP contribution in [-0.4, -0.2) is 32.6 Å². The van der Waals surface area contributed by atoms with Crippen LogP contribution in [-0.2, 0) is 11.2 Å². The second kappa shape index (κ2) is 11.9. The van der Waals surface area contributed by atoms with Gasteiger partial charge in [-0.25, -0.2) is 0 Å². The van der Waals surface area contributed by atoms with Crippen molar-refractivity contribution in [1.29, 1.82) is 0 Å². The minimum absolute atomic E-state index is 0.217. The van der Waals surface area contributed by atoms with Gasteiger partial charge in [0.15, 0.2) is 11.5 Å². The number of carbonyl (C=O) groups excluding carboxylic acids is 2. The van der Waals surface area contributed by atoms with E-state index in [9.17, 15) is 9.59 Å². The molecule has 0 radical (unpaired) electrons. The Morgan fingerprint density at radius 1 is 1.00 bits per heavy atom. The molecule has 0 bridgehead atoms. The summed E-state index contributed by atoms with van der Waals surface area (Å²) in [5, 5.41) is 7.60. The molecule has 0 spiro atoms. The van der Waals surface area contributed by atoms with E-state index in [2.05, 4.69) is 10.6 Å². The lowest BCUT2D eigenvalue weighted by atomic mass is 10.1. The van der Waals surface area contributed by atoms with Crippen molar-refractivity contribution in [2.24, 2.45) is 0 Å². The van der Waals surface area contributed by atoms with Gasteiger partial charge in [-0.3, -0.25) is 9.59 Å². The average molecular weight is 465 g/mol. The summed E-state index contributed by atoms with van der Waals surface area (Å²) in [6, 6.07) is 16.8. The van der Waals surface area contributed by atoms with Gasteiger partial charge in [0.25, 0.3) is 11.8 Å². The molecule has 2 N–H and O–H groups in total. The fourth-order valence-electron chi connectivity index (χ4n) is 3.20. The van der Waals surface area contributed by atoms with Crippen LogP contribution in [0.25, 0.3) is 6.08 Å². The highest BCUT2D eigenvalue weighted by molar-refractivity contribution is 7.10. The summed E-state index contributed by atoms with van der Waals surface area (Å²) in [7, 11) is 3.21. The molecular formula is C26H28N2O4S. The molecule has 1 heterocycles. The van der Waals surface area contributed by atoms with Crippen LogP contribution in [0, 0.1) is 6.92 Å². The second-order valence-corrected chi connectivity index (χ2v) is 8.42. The molecular weight excluding hydrogens is 436 g/mol. The van der Waals surface area contributed by atoms with E-state index in [0.29, 0.717) is 23.6 Å². The number of hydrogen-bond acceptors (Lipinski definition) is 5. The van der Waals surface area contributed by atoms with Crippen LogP contribution in [0.4, 0.5) is 0 Å². The van der Waals surface area contributed by atoms with Gasteiger partial charge in [-0.15, -0.1) is 11.3 Å². The zero-order chi connectivity index (χ0) is 23.6. The number of benzene rings is 2. The van der Waals surface area contributed by atoms with Gasteiger partial charge < -0.3 is 20.1 Å². The Morgan fingerprint density at radius 2 is 1.76 bits per heavy atom. The zero-order valence-corrected chi connectivity index (χ0v) is 19.8. The van der Waals surface area contributed by atoms with Crippen molar-refractivity contribution >= 4 is 29.2 Å². The smallest absolute Gasteiger partial charge is 0.267 e. The van der Waals surface area contributed by atoms with Crippen LogP contribution in [0.3, 0.4) is 0 Å². The highest BCUT2D eigenvalue weighted by Gasteiger charge is 2.15. The first-order valence-corrected chi connectivity index (χ1v) is 11.5. The first-order chi connectivity index (χ1) is 16.0. The molecule has 2 amide bonds. The minimum atomic E-state index is -0.323. The summed E-state index contributed by atoms with van der Waals surface area (Å²) < 4.78 is 10.6. The molecule has 0 fully saturated rings. The molecule has 0 unspecified atom stereocenters. The molecule has 3 rings (SSSR count). The molecule has 7 heteroatoms. The number of amides is 2. The minimum Gasteiger partial charge on any atom is -0.493 e. The molecule has 0 saturated heterocycles. The van der Waals surface area contributed by atoms with Crippen molar-refractivity contribution in [2.45, 2.75) is 19.8 Å². The fourth-order valence-corrected chi connectivity index (χ4v) is 3.86. The standard InChI is InChI=1S/C26H28N2O4S/c1-18-8-11-20(12-9-18)25(29)28-22(17-21-7-5-15-33-21)26(30)27-14-4-6-19-10-13-23(31-2)24(16-19)32-3/h5,7-13,15-17H,4,6,14H2,1-3H3,(H,27,30)(H,28,29)/b22-17-. The molecule has 0 aliphatic carbocycles. The first-order valence-electron chi connectivity index (χ1n) is 10.6. The van der Waals surface area contributed by atoms with Gasteiger partial charge in [0.1, 0.15) is 5.70 Å². The molecule has 3 aromatic rings. The largest absolute Gasteiger partial charge is 0.493 e. The third kappa shape index (κ3) is 6.95. The third-order valence-corrected chi connectivity index (χ3v) is 5.83. The maximum absolute atomic E-state index is 12.9. The first kappa shape index (κ1) is 24.1. The Kier molecular flexibility index (Phi) is 8.66. The van der Waals surface area contributed by atoms with Crippen molar-refractivity contribution in [3.8, 4) is 11.5 Å². The van der Waals surface area contributed by atoms with E-state index in [4.69, 9.17) is 9.47 Å². The number of nitrogens with one attached hydrogen (secondary N) is 2. The number of rotatable bonds is 10. The monoisotopic (exact) mass is 464 g/mol. The zero-order valence-electron chi connectivity index (χ0n) is 19.0. The quantitative estimate of drug-likeness (QED) is 0.340. The van der Waals surface area contributed by atoms with Crippen molar-refractivity contribution in [2.75, 3.05) is 20.8 Å². The Balaban J connectivity index is 1.61. The number of hydrogen-bond donors (Lipinski definition) is 2. The number of thiophene rings is 1. The van der Waals surface area contributed by atoms with Crippen LogP contribution >= 0.6 is 11.3 Å². The molecule has 33 heavy (non-hydrogen) atoms. The van der Waals surface area contributed by atoms with Crippen molar-refractivity contribution in [3.63, 3.8) is 0 Å². The lowest BCUT2D eigenvalue weighted by molar-refractivity contribution is -0.117. The van der Waals surface area contributed by atoms with Crippen LogP contribution in [0.15, 0.2) is 65.7 Å². The van der Waals surface area contributed by atoms with E-state index in [-0.39, 0.29) is 17.5 Å². The topological polar surface area (TPSA) is 76.7 Å². The number of ether oxygens (including phenoxy) is 2. The molecule has 0 atom stereocenters. The average Bonchev–Trinajstić information content (AvgIpc) is 3.34. The van der Waals surface area contributed by atoms with Crippen molar-refractivity contribution in [1.82, 2.24) is 10.6 Å². The maximum Gasteiger partial charge on any atom is 0.267 e. The Morgan fingerprint density at radius 3 is 2.42 bits per heavy atom. The highest BCUT2D eigenvalue weighted by atomic mass is 32.1. The Hall–Kier alpha value is -3.58. The number of methoxy groups -OCH3 is 2. The van der Waals surface area contributed by atoms with E-state index in [0.717, 1.165) is 28.8 Å². The lowest BCUT2D eigenvalue weighted by Crippen LogP contribution is -2.35. The van der Waals surface area contributed by atoms with Gasteiger partial charge in [0.05, 0.1) is 14.2 Å². The molecule has 0 saturated carbocycles. The summed E-state index contributed by atoms with van der Waals surface area (Å²) in [6.07, 6.45) is 3.19. The SMILES string of the molecule is COc1ccc(CCCNC(=O)/C(=C/c2cccs2)NC(=O)c2ccc(C)cc2)cc1OC. The summed E-state index contributed by atoms with van der Waals surface area (Å²) in [5.41, 5.74) is 2.87. The fraction of sp³-hybridized carbons (Fsp3) is 0.231. The van der Waals surface area contributed by atoms with E-state index in [1.165, 1.54) is 11.3 Å². The van der Waals surface area contributed by atoms with Crippen molar-refractivity contribution < 1.29 is 19.1 Å². The maximum atomic E-state index is 12.9. The summed E-state index contributed by atoms with van der Waals surface area (Å²) in [4.78, 5) is 26.4. The molecule has 6 nitrogen and oxygen atoms in total. The number of aryl methyl sites for hydroxylation is 2. The van der Waals surface area contributed by atoms with Gasteiger partial charge in [0.2, 0.25) is 0 Å². The Labute approximate surface area is 198 Å². The van der Waals surface area contributed by atoms with Crippen LogP contribution in [0.2, 0.25) is 0 Å². The normalized spacial score (nSPS) is 11.1.